The largest absolute Gasteiger partial charge is 0.591 e. The van der Waals surface area contributed by atoms with Crippen molar-refractivity contribution in [1.29, 1.82) is 0 Å². The minimum atomic E-state index is -6.53. The fourth-order valence-corrected chi connectivity index (χ4v) is 9.57. The minimum absolute atomic E-state index is 0.178. The first kappa shape index (κ1) is 32.7. The second-order valence-electron chi connectivity index (χ2n) is 11.3. The lowest BCUT2D eigenvalue weighted by molar-refractivity contribution is -0.0441. The van der Waals surface area contributed by atoms with Gasteiger partial charge in [0.05, 0.1) is 0 Å². The fourth-order valence-electron chi connectivity index (χ4n) is 6.35. The molecule has 1 atom stereocenters. The number of nitrogens with one attached hydrogen (secondary N) is 1. The fraction of sp³-hybridized carbons (Fsp3) is 0.769. The van der Waals surface area contributed by atoms with Gasteiger partial charge in [0.1, 0.15) is 5.75 Å². The highest BCUT2D eigenvalue weighted by molar-refractivity contribution is 8.12. The number of hydrogen-bond acceptors (Lipinski definition) is 6. The van der Waals surface area contributed by atoms with E-state index in [-0.39, 0.29) is 27.6 Å². The van der Waals surface area contributed by atoms with Gasteiger partial charge < -0.3 is 8.74 Å². The number of halogens is 5. The van der Waals surface area contributed by atoms with Gasteiger partial charge in [-0.25, -0.2) is 0 Å². The number of hydrogen-bond donors (Lipinski definition) is 1. The molecule has 1 unspecified atom stereocenters. The molecule has 41 heavy (non-hydrogen) atoms. The predicted octanol–water partition coefficient (Wildman–Crippen LogP) is 7.19. The molecule has 0 aliphatic heterocycles. The highest BCUT2D eigenvalue weighted by atomic mass is 32.3. The van der Waals surface area contributed by atoms with E-state index >= 15 is 8.78 Å². The molecule has 0 amide bonds. The van der Waals surface area contributed by atoms with Crippen LogP contribution in [-0.4, -0.2) is 31.5 Å². The van der Waals surface area contributed by atoms with Crippen molar-refractivity contribution in [2.75, 3.05) is 0 Å². The van der Waals surface area contributed by atoms with Gasteiger partial charge >= 0.3 is 30.2 Å². The first-order valence-corrected chi connectivity index (χ1v) is 18.2. The van der Waals surface area contributed by atoms with Crippen LogP contribution in [0.25, 0.3) is 0 Å². The monoisotopic (exact) mass is 649 g/mol. The van der Waals surface area contributed by atoms with Crippen molar-refractivity contribution in [3.63, 3.8) is 0 Å². The molecule has 4 rings (SSSR count). The van der Waals surface area contributed by atoms with E-state index in [0.29, 0.717) is 36.8 Å². The summed E-state index contributed by atoms with van der Waals surface area (Å²) in [4.78, 5) is 0. The van der Waals surface area contributed by atoms with Crippen LogP contribution in [0.2, 0.25) is 0 Å². The summed E-state index contributed by atoms with van der Waals surface area (Å²) in [5.74, 6) is -0.408. The average Bonchev–Trinajstić information content (AvgIpc) is 2.93. The molecule has 234 valence electrons. The summed E-state index contributed by atoms with van der Waals surface area (Å²) in [6, 6.07) is 3.68. The van der Waals surface area contributed by atoms with Crippen LogP contribution in [0, 0.1) is 0 Å². The van der Waals surface area contributed by atoms with E-state index in [4.69, 9.17) is 4.18 Å². The van der Waals surface area contributed by atoms with Crippen LogP contribution in [-0.2, 0) is 31.5 Å². The second-order valence-corrected chi connectivity index (χ2v) is 16.4. The molecule has 15 heteroatoms. The van der Waals surface area contributed by atoms with Gasteiger partial charge in [-0.05, 0) is 77.1 Å². The lowest BCUT2D eigenvalue weighted by atomic mass is 9.75. The number of benzene rings is 1. The predicted molar refractivity (Wildman–Crippen MR) is 145 cm³/mol. The van der Waals surface area contributed by atoms with Crippen LogP contribution in [0.15, 0.2) is 12.1 Å². The SMILES string of the molecule is O=S(=O)(N[S+]([O-])C(F)(F)S(=O)(=O)Oc1c(C2CCCCC2)cc(C2CCCCC2)cc1C1CCCCC1)C(F)(F)F. The zero-order chi connectivity index (χ0) is 30.1. The van der Waals surface area contributed by atoms with Crippen molar-refractivity contribution in [3.05, 3.63) is 28.8 Å². The van der Waals surface area contributed by atoms with E-state index in [9.17, 15) is 34.6 Å². The Hall–Kier alpha value is -1.16. The topological polar surface area (TPSA) is 113 Å². The standard InChI is InChI=1S/C26H36F5NO6S3/c27-25(28,29)40(34,35)32-39(33)26(30,31)41(36,37)38-24-22(19-12-6-2-7-13-19)16-21(18-10-4-1-5-11-18)17-23(24)20-14-8-3-9-15-20/h16-20,32H,1-15H2. The maximum Gasteiger partial charge on any atom is 0.567 e. The average molecular weight is 650 g/mol. The molecule has 7 nitrogen and oxygen atoms in total. The summed E-state index contributed by atoms with van der Waals surface area (Å²) >= 11 is -4.52. The zero-order valence-electron chi connectivity index (χ0n) is 22.6. The van der Waals surface area contributed by atoms with Crippen molar-refractivity contribution < 1.29 is 47.5 Å². The second kappa shape index (κ2) is 12.8. The molecule has 0 spiro atoms. The molecule has 0 saturated heterocycles. The first-order chi connectivity index (χ1) is 19.1. The molecule has 0 aromatic heterocycles. The molecule has 1 aromatic rings. The Morgan fingerprint density at radius 2 is 1.10 bits per heavy atom. The van der Waals surface area contributed by atoms with Gasteiger partial charge in [0.15, 0.2) is 11.4 Å². The summed E-state index contributed by atoms with van der Waals surface area (Å²) in [7, 11) is -12.7. The van der Waals surface area contributed by atoms with Gasteiger partial charge in [-0.3, -0.25) is 0 Å². The van der Waals surface area contributed by atoms with Crippen molar-refractivity contribution in [1.82, 2.24) is 4.13 Å². The Morgan fingerprint density at radius 1 is 0.707 bits per heavy atom. The van der Waals surface area contributed by atoms with E-state index in [1.807, 2.05) is 12.1 Å². The number of rotatable bonds is 9. The summed E-state index contributed by atoms with van der Waals surface area (Å²) < 4.78 is 129. The van der Waals surface area contributed by atoms with Crippen molar-refractivity contribution in [3.8, 4) is 5.75 Å². The van der Waals surface area contributed by atoms with Crippen LogP contribution >= 0.6 is 0 Å². The third-order valence-corrected chi connectivity index (χ3v) is 13.1. The smallest absolute Gasteiger partial charge is 0.567 e. The maximum absolute atomic E-state index is 15.0. The molecular weight excluding hydrogens is 613 g/mol. The summed E-state index contributed by atoms with van der Waals surface area (Å²) in [5.41, 5.74) is -4.15. The minimum Gasteiger partial charge on any atom is -0.591 e. The quantitative estimate of drug-likeness (QED) is 0.172. The number of alkyl halides is 5. The molecule has 1 N–H and O–H groups in total. The molecule has 3 aliphatic rings. The Morgan fingerprint density at radius 3 is 1.49 bits per heavy atom. The summed E-state index contributed by atoms with van der Waals surface area (Å²) in [5, 5.41) is 0. The normalized spacial score (nSPS) is 22.0. The highest BCUT2D eigenvalue weighted by Gasteiger charge is 2.64. The van der Waals surface area contributed by atoms with Crippen LogP contribution in [0.1, 0.15) is 131 Å². The van der Waals surface area contributed by atoms with Gasteiger partial charge in [0, 0.05) is 0 Å². The van der Waals surface area contributed by atoms with Crippen LogP contribution in [0.3, 0.4) is 0 Å². The van der Waals surface area contributed by atoms with Crippen LogP contribution < -0.4 is 8.31 Å². The van der Waals surface area contributed by atoms with Crippen LogP contribution in [0.4, 0.5) is 22.0 Å². The lowest BCUT2D eigenvalue weighted by Gasteiger charge is -2.32. The first-order valence-electron chi connectivity index (χ1n) is 14.1. The van der Waals surface area contributed by atoms with Crippen molar-refractivity contribution >= 4 is 31.5 Å². The molecule has 0 heterocycles. The van der Waals surface area contributed by atoms with Gasteiger partial charge in [-0.15, -0.1) is 8.78 Å². The molecular formula is C26H36F5NO6S3. The third kappa shape index (κ3) is 7.32. The zero-order valence-corrected chi connectivity index (χ0v) is 25.0. The summed E-state index contributed by atoms with van der Waals surface area (Å²) in [6.45, 7) is 0. The van der Waals surface area contributed by atoms with E-state index < -0.39 is 41.6 Å². The maximum atomic E-state index is 15.0. The van der Waals surface area contributed by atoms with E-state index in [1.54, 1.807) is 0 Å². The van der Waals surface area contributed by atoms with Gasteiger partial charge in [0.2, 0.25) is 0 Å². The molecule has 3 fully saturated rings. The molecule has 3 aliphatic carbocycles. The highest BCUT2D eigenvalue weighted by Crippen LogP contribution is 2.48. The molecule has 0 radical (unpaired) electrons. The van der Waals surface area contributed by atoms with Crippen LogP contribution in [0.5, 0.6) is 5.75 Å². The lowest BCUT2D eigenvalue weighted by Crippen LogP contribution is -2.51. The molecule has 0 bridgehead atoms. The Balaban J connectivity index is 1.79. The van der Waals surface area contributed by atoms with Crippen molar-refractivity contribution in [2.45, 2.75) is 124 Å². The third-order valence-electron chi connectivity index (χ3n) is 8.53. The van der Waals surface area contributed by atoms with Gasteiger partial charge in [-0.2, -0.15) is 30.0 Å². The van der Waals surface area contributed by atoms with E-state index in [1.165, 1.54) is 0 Å². The Labute approximate surface area is 241 Å². The molecule has 3 saturated carbocycles. The van der Waals surface area contributed by atoms with Crippen molar-refractivity contribution in [2.24, 2.45) is 0 Å². The van der Waals surface area contributed by atoms with E-state index in [0.717, 1.165) is 76.2 Å². The number of sulfonamides is 1. The van der Waals surface area contributed by atoms with E-state index in [2.05, 4.69) is 0 Å². The summed E-state index contributed by atoms with van der Waals surface area (Å²) in [6.07, 6.45) is 13.2. The Kier molecular flexibility index (Phi) is 10.2. The van der Waals surface area contributed by atoms with Gasteiger partial charge in [-0.1, -0.05) is 69.9 Å². The Bertz CT molecular complexity index is 1230. The van der Waals surface area contributed by atoms with Gasteiger partial charge in [0.25, 0.3) is 0 Å². The molecule has 1 aromatic carbocycles.